The van der Waals surface area contributed by atoms with E-state index in [-0.39, 0.29) is 11.7 Å². The van der Waals surface area contributed by atoms with E-state index in [0.29, 0.717) is 36.5 Å². The molecule has 0 atom stereocenters. The first kappa shape index (κ1) is 15.6. The number of H-pyrrole nitrogens is 1. The minimum Gasteiger partial charge on any atom is -0.444 e. The van der Waals surface area contributed by atoms with Crippen LogP contribution in [0, 0.1) is 0 Å². The Morgan fingerprint density at radius 1 is 1.28 bits per heavy atom. The van der Waals surface area contributed by atoms with Crippen molar-refractivity contribution in [2.24, 2.45) is 4.99 Å². The summed E-state index contributed by atoms with van der Waals surface area (Å²) in [6, 6.07) is 5.41. The van der Waals surface area contributed by atoms with Crippen molar-refractivity contribution in [3.05, 3.63) is 28.6 Å². The maximum Gasteiger partial charge on any atom is 0.410 e. The van der Waals surface area contributed by atoms with Gasteiger partial charge in [-0.15, -0.1) is 0 Å². The number of benzene rings is 1. The van der Waals surface area contributed by atoms with Crippen molar-refractivity contribution >= 4 is 34.2 Å². The van der Waals surface area contributed by atoms with Crippen molar-refractivity contribution < 1.29 is 9.53 Å². The average molecular weight is 341 g/mol. The van der Waals surface area contributed by atoms with Crippen LogP contribution in [0.5, 0.6) is 0 Å². The number of aromatic nitrogens is 2. The summed E-state index contributed by atoms with van der Waals surface area (Å²) < 4.78 is 5.45. The van der Waals surface area contributed by atoms with Crippen LogP contribution >= 0.6 is 0 Å². The number of rotatable bonds is 0. The number of amides is 1. The van der Waals surface area contributed by atoms with Crippen molar-refractivity contribution in [3.63, 3.8) is 0 Å². The predicted molar refractivity (Wildman–Crippen MR) is 94.6 cm³/mol. The van der Waals surface area contributed by atoms with Gasteiger partial charge in [0.1, 0.15) is 11.4 Å². The van der Waals surface area contributed by atoms with Crippen molar-refractivity contribution in [2.45, 2.75) is 26.4 Å². The summed E-state index contributed by atoms with van der Waals surface area (Å²) in [5.41, 5.74) is -0.0722. The number of nitrogens with one attached hydrogen (secondary N) is 1. The monoisotopic (exact) mass is 341 g/mol. The van der Waals surface area contributed by atoms with Gasteiger partial charge >= 0.3 is 6.09 Å². The van der Waals surface area contributed by atoms with Crippen LogP contribution in [0.15, 0.2) is 28.0 Å². The van der Waals surface area contributed by atoms with Gasteiger partial charge in [-0.3, -0.25) is 9.69 Å². The zero-order chi connectivity index (χ0) is 17.8. The molecule has 3 heterocycles. The first-order chi connectivity index (χ1) is 11.8. The van der Waals surface area contributed by atoms with E-state index in [4.69, 9.17) is 4.74 Å². The number of carbonyl (C=O) groups excluding carboxylic acids is 1. The van der Waals surface area contributed by atoms with E-state index in [2.05, 4.69) is 15.2 Å². The van der Waals surface area contributed by atoms with Crippen molar-refractivity contribution in [2.75, 3.05) is 24.5 Å². The number of fused-ring (bicyclic) bond motifs is 2. The molecule has 0 spiro atoms. The van der Waals surface area contributed by atoms with E-state index >= 15 is 0 Å². The standard InChI is InChI=1S/C17H19N5O3/c1-17(2,3)25-16(24)21-7-8-22-12(9-21)18-11-6-4-5-10-13(11)14(22)19-20-15(10)23/h4-6H,7-9H2,1-3H3,(H,20,23). The fourth-order valence-electron chi connectivity index (χ4n) is 3.10. The lowest BCUT2D eigenvalue weighted by atomic mass is 10.1. The van der Waals surface area contributed by atoms with Gasteiger partial charge in [0.25, 0.3) is 5.56 Å². The zero-order valence-electron chi connectivity index (χ0n) is 14.4. The zero-order valence-corrected chi connectivity index (χ0v) is 14.4. The highest BCUT2D eigenvalue weighted by Crippen LogP contribution is 2.36. The number of nitrogens with zero attached hydrogens (tertiary/aromatic N) is 4. The molecule has 0 saturated carbocycles. The Morgan fingerprint density at radius 2 is 2.08 bits per heavy atom. The summed E-state index contributed by atoms with van der Waals surface area (Å²) in [6.07, 6.45) is -0.353. The Hall–Kier alpha value is -2.90. The molecular formula is C17H19N5O3. The molecule has 2 aliphatic rings. The number of hydrogen-bond donors (Lipinski definition) is 1. The predicted octanol–water partition coefficient (Wildman–Crippen LogP) is 2.02. The van der Waals surface area contributed by atoms with Crippen LogP contribution in [0.2, 0.25) is 0 Å². The number of aliphatic imine (C=N–C) groups is 1. The number of amidine groups is 1. The van der Waals surface area contributed by atoms with E-state index in [1.807, 2.05) is 31.7 Å². The van der Waals surface area contributed by atoms with Crippen LogP contribution in [0.25, 0.3) is 10.8 Å². The van der Waals surface area contributed by atoms with Gasteiger partial charge in [0.2, 0.25) is 0 Å². The average Bonchev–Trinajstić information content (AvgIpc) is 2.55. The Morgan fingerprint density at radius 3 is 2.84 bits per heavy atom. The second-order valence-corrected chi connectivity index (χ2v) is 7.16. The summed E-state index contributed by atoms with van der Waals surface area (Å²) in [6.45, 7) is 6.91. The van der Waals surface area contributed by atoms with Crippen LogP contribution in [-0.4, -0.2) is 52.3 Å². The number of piperazine rings is 1. The van der Waals surface area contributed by atoms with Crippen LogP contribution in [-0.2, 0) is 4.74 Å². The van der Waals surface area contributed by atoms with Gasteiger partial charge in [0, 0.05) is 13.1 Å². The fraction of sp³-hybridized carbons (Fsp3) is 0.412. The maximum atomic E-state index is 12.3. The lowest BCUT2D eigenvalue weighted by Gasteiger charge is -2.38. The van der Waals surface area contributed by atoms with Crippen molar-refractivity contribution in [3.8, 4) is 0 Å². The summed E-state index contributed by atoms with van der Waals surface area (Å²) in [5.74, 6) is 1.40. The first-order valence-corrected chi connectivity index (χ1v) is 8.18. The summed E-state index contributed by atoms with van der Waals surface area (Å²) in [5, 5.41) is 8.09. The fourth-order valence-corrected chi connectivity index (χ4v) is 3.10. The van der Waals surface area contributed by atoms with E-state index in [9.17, 15) is 9.59 Å². The number of anilines is 1. The SMILES string of the molecule is CC(C)(C)OC(=O)N1CCN2C(=Nc3cccc4c(=O)[nH]nc2c34)C1. The number of ether oxygens (including phenoxy) is 1. The first-order valence-electron chi connectivity index (χ1n) is 8.18. The molecule has 25 heavy (non-hydrogen) atoms. The summed E-state index contributed by atoms with van der Waals surface area (Å²) in [7, 11) is 0. The molecule has 4 rings (SSSR count). The third-order valence-corrected chi connectivity index (χ3v) is 4.17. The molecule has 2 aromatic rings. The minimum absolute atomic E-state index is 0.230. The molecule has 8 nitrogen and oxygen atoms in total. The van der Waals surface area contributed by atoms with Crippen molar-refractivity contribution in [1.82, 2.24) is 15.1 Å². The summed E-state index contributed by atoms with van der Waals surface area (Å²) >= 11 is 0. The normalized spacial score (nSPS) is 16.5. The molecular weight excluding hydrogens is 322 g/mol. The number of hydrogen-bond acceptors (Lipinski definition) is 6. The molecule has 0 unspecified atom stereocenters. The van der Waals surface area contributed by atoms with E-state index in [1.165, 1.54) is 0 Å². The Labute approximate surface area is 144 Å². The largest absolute Gasteiger partial charge is 0.444 e. The second kappa shape index (κ2) is 5.30. The molecule has 130 valence electrons. The van der Waals surface area contributed by atoms with Gasteiger partial charge < -0.3 is 9.64 Å². The van der Waals surface area contributed by atoms with E-state index < -0.39 is 5.60 Å². The minimum atomic E-state index is -0.540. The number of carbonyl (C=O) groups is 1. The third kappa shape index (κ3) is 2.63. The van der Waals surface area contributed by atoms with Crippen LogP contribution in [0.1, 0.15) is 20.8 Å². The maximum absolute atomic E-state index is 12.3. The van der Waals surface area contributed by atoms with Gasteiger partial charge in [-0.25, -0.2) is 14.9 Å². The Bertz CT molecular complexity index is 957. The molecule has 1 N–H and O–H groups in total. The lowest BCUT2D eigenvalue weighted by molar-refractivity contribution is 0.0275. The van der Waals surface area contributed by atoms with Crippen molar-refractivity contribution in [1.29, 1.82) is 0 Å². The number of aromatic amines is 1. The van der Waals surface area contributed by atoms with Gasteiger partial charge in [-0.2, -0.15) is 5.10 Å². The molecule has 1 fully saturated rings. The highest BCUT2D eigenvalue weighted by atomic mass is 16.6. The molecule has 1 aromatic carbocycles. The van der Waals surface area contributed by atoms with Crippen LogP contribution in [0.4, 0.5) is 16.3 Å². The van der Waals surface area contributed by atoms with Gasteiger partial charge in [-0.05, 0) is 32.9 Å². The highest BCUT2D eigenvalue weighted by Gasteiger charge is 2.33. The van der Waals surface area contributed by atoms with Gasteiger partial charge in [-0.1, -0.05) is 6.07 Å². The molecule has 1 saturated heterocycles. The molecule has 8 heteroatoms. The van der Waals surface area contributed by atoms with E-state index in [0.717, 1.165) is 11.2 Å². The smallest absolute Gasteiger partial charge is 0.410 e. The Kier molecular flexibility index (Phi) is 3.31. The molecule has 0 aliphatic carbocycles. The highest BCUT2D eigenvalue weighted by molar-refractivity contribution is 6.14. The quantitative estimate of drug-likeness (QED) is 0.792. The topological polar surface area (TPSA) is 90.9 Å². The molecule has 1 aromatic heterocycles. The van der Waals surface area contributed by atoms with Gasteiger partial charge in [0.05, 0.1) is 23.0 Å². The van der Waals surface area contributed by atoms with Crippen LogP contribution < -0.4 is 10.5 Å². The molecule has 0 bridgehead atoms. The Balaban J connectivity index is 1.71. The molecule has 2 aliphatic heterocycles. The second-order valence-electron chi connectivity index (χ2n) is 7.16. The summed E-state index contributed by atoms with van der Waals surface area (Å²) in [4.78, 5) is 32.6. The van der Waals surface area contributed by atoms with Gasteiger partial charge in [0.15, 0.2) is 5.82 Å². The third-order valence-electron chi connectivity index (χ3n) is 4.17. The molecule has 0 radical (unpaired) electrons. The van der Waals surface area contributed by atoms with E-state index in [1.54, 1.807) is 17.0 Å². The lowest BCUT2D eigenvalue weighted by Crippen LogP contribution is -2.54. The van der Waals surface area contributed by atoms with Crippen LogP contribution in [0.3, 0.4) is 0 Å². The molecule has 1 amide bonds.